The van der Waals surface area contributed by atoms with E-state index in [0.29, 0.717) is 24.9 Å². The van der Waals surface area contributed by atoms with E-state index in [-0.39, 0.29) is 0 Å². The summed E-state index contributed by atoms with van der Waals surface area (Å²) in [6.07, 6.45) is 8.29. The van der Waals surface area contributed by atoms with Gasteiger partial charge in [0.15, 0.2) is 0 Å². The number of carboxylic acid groups (broad SMARTS) is 1. The highest BCUT2D eigenvalue weighted by Crippen LogP contribution is 2.36. The number of rotatable bonds is 6. The molecule has 0 bridgehead atoms. The fraction of sp³-hybridized carbons (Fsp3) is 0.733. The van der Waals surface area contributed by atoms with Crippen molar-refractivity contribution < 1.29 is 9.90 Å². The van der Waals surface area contributed by atoms with Gasteiger partial charge in [0, 0.05) is 31.5 Å². The maximum Gasteiger partial charge on any atom is 0.323 e. The summed E-state index contributed by atoms with van der Waals surface area (Å²) in [6, 6.07) is 0.712. The van der Waals surface area contributed by atoms with Gasteiger partial charge in [0.2, 0.25) is 0 Å². The number of nitrogens with one attached hydrogen (secondary N) is 1. The third-order valence-electron chi connectivity index (χ3n) is 4.89. The molecule has 3 rings (SSSR count). The molecule has 1 heterocycles. The number of imidazole rings is 1. The van der Waals surface area contributed by atoms with Crippen LogP contribution in [0.5, 0.6) is 0 Å². The molecule has 2 aliphatic carbocycles. The Labute approximate surface area is 125 Å². The van der Waals surface area contributed by atoms with E-state index in [0.717, 1.165) is 31.6 Å². The van der Waals surface area contributed by atoms with Crippen molar-refractivity contribution in [2.45, 2.75) is 56.3 Å². The largest absolute Gasteiger partial charge is 0.480 e. The highest BCUT2D eigenvalue weighted by atomic mass is 16.4. The molecule has 2 atom stereocenters. The molecule has 2 saturated carbocycles. The molecule has 2 N–H and O–H groups in total. The van der Waals surface area contributed by atoms with Gasteiger partial charge in [-0.15, -0.1) is 0 Å². The predicted octanol–water partition coefficient (Wildman–Crippen LogP) is 0.980. The van der Waals surface area contributed by atoms with Crippen LogP contribution in [0.1, 0.15) is 37.9 Å². The number of aliphatic carboxylic acids is 1. The first kappa shape index (κ1) is 14.5. The molecule has 2 aliphatic rings. The number of hydrogen-bond acceptors (Lipinski definition) is 4. The predicted molar refractivity (Wildman–Crippen MR) is 78.8 cm³/mol. The minimum Gasteiger partial charge on any atom is -0.480 e. The second kappa shape index (κ2) is 5.42. The number of aryl methyl sites for hydroxylation is 1. The second-order valence-corrected chi connectivity index (χ2v) is 6.57. The molecule has 0 radical (unpaired) electrons. The molecule has 0 aliphatic heterocycles. The van der Waals surface area contributed by atoms with Gasteiger partial charge in [-0.2, -0.15) is 0 Å². The third kappa shape index (κ3) is 2.96. The van der Waals surface area contributed by atoms with E-state index >= 15 is 0 Å². The zero-order chi connectivity index (χ0) is 15.0. The Balaban J connectivity index is 1.64. The molecule has 0 saturated heterocycles. The fourth-order valence-corrected chi connectivity index (χ4v) is 3.30. The molecule has 6 heteroatoms. The molecule has 0 aromatic carbocycles. The Kier molecular flexibility index (Phi) is 3.75. The van der Waals surface area contributed by atoms with Crippen LogP contribution in [0, 0.1) is 0 Å². The first-order valence-electron chi connectivity index (χ1n) is 7.68. The Morgan fingerprint density at radius 3 is 2.90 bits per heavy atom. The standard InChI is InChI=1S/C15H24N4O2/c1-18-8-7-16-13(18)10-19(2)12-5-6-15(9-12,14(20)21)17-11-3-4-11/h7-8,11-12,17H,3-6,9-10H2,1-2H3,(H,20,21). The maximum atomic E-state index is 11.7. The summed E-state index contributed by atoms with van der Waals surface area (Å²) in [5, 5.41) is 13.0. The van der Waals surface area contributed by atoms with Crippen molar-refractivity contribution in [1.29, 1.82) is 0 Å². The van der Waals surface area contributed by atoms with Crippen LogP contribution in [0.2, 0.25) is 0 Å². The lowest BCUT2D eigenvalue weighted by molar-refractivity contribution is -0.145. The quantitative estimate of drug-likeness (QED) is 0.818. The van der Waals surface area contributed by atoms with Crippen LogP contribution < -0.4 is 5.32 Å². The molecule has 0 amide bonds. The van der Waals surface area contributed by atoms with E-state index < -0.39 is 11.5 Å². The van der Waals surface area contributed by atoms with E-state index in [1.807, 2.05) is 17.8 Å². The molecular weight excluding hydrogens is 268 g/mol. The van der Waals surface area contributed by atoms with E-state index in [2.05, 4.69) is 22.2 Å². The molecule has 0 spiro atoms. The molecule has 1 aromatic rings. The van der Waals surface area contributed by atoms with Crippen molar-refractivity contribution in [3.63, 3.8) is 0 Å². The van der Waals surface area contributed by atoms with Gasteiger partial charge in [-0.3, -0.25) is 15.0 Å². The minimum absolute atomic E-state index is 0.295. The van der Waals surface area contributed by atoms with E-state index in [4.69, 9.17) is 0 Å². The first-order valence-corrected chi connectivity index (χ1v) is 7.68. The lowest BCUT2D eigenvalue weighted by Gasteiger charge is -2.28. The average Bonchev–Trinajstić information content (AvgIpc) is 2.97. The van der Waals surface area contributed by atoms with Crippen molar-refractivity contribution in [3.05, 3.63) is 18.2 Å². The van der Waals surface area contributed by atoms with Gasteiger partial charge < -0.3 is 9.67 Å². The number of carbonyl (C=O) groups is 1. The van der Waals surface area contributed by atoms with Gasteiger partial charge >= 0.3 is 5.97 Å². The number of hydrogen-bond donors (Lipinski definition) is 2. The van der Waals surface area contributed by atoms with Crippen molar-refractivity contribution in [2.24, 2.45) is 7.05 Å². The van der Waals surface area contributed by atoms with Crippen LogP contribution in [0.4, 0.5) is 0 Å². The van der Waals surface area contributed by atoms with Crippen LogP contribution in [-0.4, -0.2) is 50.2 Å². The zero-order valence-corrected chi connectivity index (χ0v) is 12.7. The maximum absolute atomic E-state index is 11.7. The van der Waals surface area contributed by atoms with Gasteiger partial charge in [0.1, 0.15) is 11.4 Å². The smallest absolute Gasteiger partial charge is 0.323 e. The topological polar surface area (TPSA) is 70.4 Å². The molecule has 21 heavy (non-hydrogen) atoms. The van der Waals surface area contributed by atoms with Crippen LogP contribution in [0.15, 0.2) is 12.4 Å². The summed E-state index contributed by atoms with van der Waals surface area (Å²) in [5.41, 5.74) is -0.721. The Morgan fingerprint density at radius 1 is 1.57 bits per heavy atom. The molecule has 1 aromatic heterocycles. The van der Waals surface area contributed by atoms with Gasteiger partial charge in [-0.25, -0.2) is 4.98 Å². The number of carboxylic acids is 1. The third-order valence-corrected chi connectivity index (χ3v) is 4.89. The Hall–Kier alpha value is -1.40. The summed E-state index contributed by atoms with van der Waals surface area (Å²) in [7, 11) is 4.05. The van der Waals surface area contributed by atoms with Crippen LogP contribution in [0.25, 0.3) is 0 Å². The monoisotopic (exact) mass is 292 g/mol. The second-order valence-electron chi connectivity index (χ2n) is 6.57. The average molecular weight is 292 g/mol. The zero-order valence-electron chi connectivity index (χ0n) is 12.7. The summed E-state index contributed by atoms with van der Waals surface area (Å²) >= 11 is 0. The lowest BCUT2D eigenvalue weighted by Crippen LogP contribution is -2.52. The van der Waals surface area contributed by atoms with E-state index in [9.17, 15) is 9.90 Å². The van der Waals surface area contributed by atoms with Gasteiger partial charge in [-0.1, -0.05) is 0 Å². The molecular formula is C15H24N4O2. The van der Waals surface area contributed by atoms with Crippen molar-refractivity contribution in [1.82, 2.24) is 19.8 Å². The summed E-state index contributed by atoms with van der Waals surface area (Å²) in [5.74, 6) is 0.322. The fourth-order valence-electron chi connectivity index (χ4n) is 3.30. The van der Waals surface area contributed by atoms with Crippen LogP contribution in [0.3, 0.4) is 0 Å². The van der Waals surface area contributed by atoms with Gasteiger partial charge in [-0.05, 0) is 39.2 Å². The summed E-state index contributed by atoms with van der Waals surface area (Å²) < 4.78 is 2.01. The van der Waals surface area contributed by atoms with Crippen LogP contribution in [-0.2, 0) is 18.4 Å². The molecule has 2 unspecified atom stereocenters. The number of nitrogens with zero attached hydrogens (tertiary/aromatic N) is 3. The molecule has 2 fully saturated rings. The van der Waals surface area contributed by atoms with Gasteiger partial charge in [0.25, 0.3) is 0 Å². The van der Waals surface area contributed by atoms with Crippen LogP contribution >= 0.6 is 0 Å². The lowest BCUT2D eigenvalue weighted by atomic mass is 9.97. The highest BCUT2D eigenvalue weighted by molar-refractivity contribution is 5.79. The summed E-state index contributed by atoms with van der Waals surface area (Å²) in [6.45, 7) is 0.757. The molecule has 116 valence electrons. The van der Waals surface area contributed by atoms with E-state index in [1.54, 1.807) is 6.20 Å². The Morgan fingerprint density at radius 2 is 2.33 bits per heavy atom. The van der Waals surface area contributed by atoms with Crippen molar-refractivity contribution in [3.8, 4) is 0 Å². The Bertz CT molecular complexity index is 525. The minimum atomic E-state index is -0.721. The highest BCUT2D eigenvalue weighted by Gasteiger charge is 2.48. The first-order chi connectivity index (χ1) is 10.00. The van der Waals surface area contributed by atoms with Crippen molar-refractivity contribution in [2.75, 3.05) is 7.05 Å². The van der Waals surface area contributed by atoms with Gasteiger partial charge in [0.05, 0.1) is 6.54 Å². The number of aromatic nitrogens is 2. The van der Waals surface area contributed by atoms with E-state index in [1.165, 1.54) is 0 Å². The normalized spacial score (nSPS) is 29.2. The molecule has 6 nitrogen and oxygen atoms in total. The summed E-state index contributed by atoms with van der Waals surface area (Å²) in [4.78, 5) is 18.3. The SMILES string of the molecule is CN(Cc1nccn1C)C1CCC(NC2CC2)(C(=O)O)C1. The van der Waals surface area contributed by atoms with Crippen molar-refractivity contribution >= 4 is 5.97 Å².